The Balaban J connectivity index is 2.43. The Hall–Kier alpha value is -2.13. The van der Waals surface area contributed by atoms with Crippen molar-refractivity contribution in [1.82, 2.24) is 4.98 Å². The Morgan fingerprint density at radius 3 is 2.71 bits per heavy atom. The van der Waals surface area contributed by atoms with Crippen LogP contribution in [0.2, 0.25) is 0 Å². The molecule has 0 atom stereocenters. The summed E-state index contributed by atoms with van der Waals surface area (Å²) in [7, 11) is -3.83. The second kappa shape index (κ2) is 6.10. The summed E-state index contributed by atoms with van der Waals surface area (Å²) in [4.78, 5) is 3.80. The Kier molecular flexibility index (Phi) is 4.43. The number of hydrogen-bond acceptors (Lipinski definition) is 5. The third-order valence-electron chi connectivity index (χ3n) is 2.55. The summed E-state index contributed by atoms with van der Waals surface area (Å²) >= 11 is 3.16. The Bertz CT molecular complexity index is 793. The Morgan fingerprint density at radius 2 is 2.05 bits per heavy atom. The van der Waals surface area contributed by atoms with Crippen molar-refractivity contribution in [3.63, 3.8) is 0 Å². The van der Waals surface area contributed by atoms with Gasteiger partial charge in [0.05, 0.1) is 5.69 Å². The van der Waals surface area contributed by atoms with Gasteiger partial charge in [0.1, 0.15) is 4.90 Å². The van der Waals surface area contributed by atoms with E-state index in [1.807, 2.05) is 0 Å². The molecule has 21 heavy (non-hydrogen) atoms. The smallest absolute Gasteiger partial charge is 0.263 e. The van der Waals surface area contributed by atoms with Crippen LogP contribution in [0, 0.1) is 0 Å². The van der Waals surface area contributed by atoms with Crippen LogP contribution in [0.15, 0.2) is 57.2 Å². The summed E-state index contributed by atoms with van der Waals surface area (Å²) in [6.45, 7) is 0. The van der Waals surface area contributed by atoms with Gasteiger partial charge in [-0.2, -0.15) is 0 Å². The van der Waals surface area contributed by atoms with Crippen molar-refractivity contribution < 1.29 is 13.6 Å². The van der Waals surface area contributed by atoms with Gasteiger partial charge in [-0.1, -0.05) is 17.3 Å². The van der Waals surface area contributed by atoms with E-state index in [0.717, 1.165) is 0 Å². The lowest BCUT2D eigenvalue weighted by Gasteiger charge is -2.11. The standard InChI is InChI=1S/C12H11BrN4O3S/c13-8-5-9(7-15-6-8)21(19,20)17-11-4-2-1-3-10(11)12(14)16-18/h1-7,17-18H,(H2,14,16). The first-order valence-electron chi connectivity index (χ1n) is 5.64. The maximum Gasteiger partial charge on any atom is 0.263 e. The third-order valence-corrected chi connectivity index (χ3v) is 4.31. The van der Waals surface area contributed by atoms with Crippen molar-refractivity contribution in [3.8, 4) is 0 Å². The molecule has 0 spiro atoms. The molecule has 1 heterocycles. The fourth-order valence-corrected chi connectivity index (χ4v) is 3.18. The Labute approximate surface area is 129 Å². The van der Waals surface area contributed by atoms with Crippen molar-refractivity contribution in [2.24, 2.45) is 10.9 Å². The number of nitrogens with two attached hydrogens (primary N) is 1. The summed E-state index contributed by atoms with van der Waals surface area (Å²) in [6.07, 6.45) is 2.70. The number of aromatic nitrogens is 1. The zero-order valence-electron chi connectivity index (χ0n) is 10.6. The number of rotatable bonds is 4. The number of pyridine rings is 1. The van der Waals surface area contributed by atoms with Crippen molar-refractivity contribution in [3.05, 3.63) is 52.8 Å². The maximum absolute atomic E-state index is 12.3. The molecule has 0 aliphatic carbocycles. The number of para-hydroxylation sites is 1. The fourth-order valence-electron chi connectivity index (χ4n) is 1.59. The number of sulfonamides is 1. The highest BCUT2D eigenvalue weighted by molar-refractivity contribution is 9.10. The van der Waals surface area contributed by atoms with Crippen LogP contribution >= 0.6 is 15.9 Å². The van der Waals surface area contributed by atoms with Crippen LogP contribution in [0.5, 0.6) is 0 Å². The van der Waals surface area contributed by atoms with Crippen molar-refractivity contribution in [1.29, 1.82) is 0 Å². The monoisotopic (exact) mass is 370 g/mol. The predicted molar refractivity (Wildman–Crippen MR) is 81.7 cm³/mol. The molecule has 0 bridgehead atoms. The minimum absolute atomic E-state index is 0.00816. The molecule has 0 saturated heterocycles. The van der Waals surface area contributed by atoms with Gasteiger partial charge in [0.2, 0.25) is 0 Å². The lowest BCUT2D eigenvalue weighted by Crippen LogP contribution is -2.19. The highest BCUT2D eigenvalue weighted by Crippen LogP contribution is 2.21. The number of amidine groups is 1. The van der Waals surface area contributed by atoms with Gasteiger partial charge in [-0.05, 0) is 34.1 Å². The summed E-state index contributed by atoms with van der Waals surface area (Å²) in [5.41, 5.74) is 5.99. The van der Waals surface area contributed by atoms with Crippen molar-refractivity contribution >= 4 is 37.5 Å². The molecule has 0 unspecified atom stereocenters. The largest absolute Gasteiger partial charge is 0.409 e. The summed E-state index contributed by atoms with van der Waals surface area (Å²) in [6, 6.07) is 7.74. The molecule has 0 amide bonds. The SMILES string of the molecule is NC(=NO)c1ccccc1NS(=O)(=O)c1cncc(Br)c1. The zero-order chi connectivity index (χ0) is 15.5. The molecule has 1 aromatic heterocycles. The number of anilines is 1. The van der Waals surface area contributed by atoms with Gasteiger partial charge < -0.3 is 10.9 Å². The summed E-state index contributed by atoms with van der Waals surface area (Å²) in [5, 5.41) is 11.6. The van der Waals surface area contributed by atoms with Crippen molar-refractivity contribution in [2.45, 2.75) is 4.90 Å². The minimum Gasteiger partial charge on any atom is -0.409 e. The fraction of sp³-hybridized carbons (Fsp3) is 0. The molecule has 1 aromatic carbocycles. The maximum atomic E-state index is 12.3. The minimum atomic E-state index is -3.83. The predicted octanol–water partition coefficient (Wildman–Crippen LogP) is 1.74. The summed E-state index contributed by atoms with van der Waals surface area (Å²) in [5.74, 6) is -0.194. The number of hydrogen-bond donors (Lipinski definition) is 3. The van der Waals surface area contributed by atoms with Crippen LogP contribution in [0.1, 0.15) is 5.56 Å². The molecule has 110 valence electrons. The van der Waals surface area contributed by atoms with Crippen LogP contribution in [-0.2, 0) is 10.0 Å². The third kappa shape index (κ3) is 3.50. The first kappa shape index (κ1) is 15.3. The number of benzene rings is 1. The molecule has 9 heteroatoms. The molecule has 0 fully saturated rings. The first-order valence-corrected chi connectivity index (χ1v) is 7.92. The van der Waals surface area contributed by atoms with E-state index < -0.39 is 10.0 Å². The lowest BCUT2D eigenvalue weighted by atomic mass is 10.2. The molecule has 4 N–H and O–H groups in total. The second-order valence-corrected chi connectivity index (χ2v) is 6.57. The second-order valence-electron chi connectivity index (χ2n) is 3.98. The van der Waals surface area contributed by atoms with Gasteiger partial charge in [-0.15, -0.1) is 0 Å². The molecule has 0 saturated carbocycles. The summed E-state index contributed by atoms with van der Waals surface area (Å²) < 4.78 is 27.5. The molecule has 2 aromatic rings. The van der Waals surface area contributed by atoms with Gasteiger partial charge in [0.25, 0.3) is 10.0 Å². The number of halogens is 1. The van der Waals surface area contributed by atoms with Crippen LogP contribution in [-0.4, -0.2) is 24.4 Å². The van der Waals surface area contributed by atoms with E-state index in [1.54, 1.807) is 12.1 Å². The molecule has 0 aliphatic heterocycles. The van der Waals surface area contributed by atoms with E-state index in [1.165, 1.54) is 30.6 Å². The molecule has 7 nitrogen and oxygen atoms in total. The molecule has 0 aliphatic rings. The number of oxime groups is 1. The highest BCUT2D eigenvalue weighted by Gasteiger charge is 2.17. The van der Waals surface area contributed by atoms with Crippen LogP contribution in [0.3, 0.4) is 0 Å². The Morgan fingerprint density at radius 1 is 1.33 bits per heavy atom. The zero-order valence-corrected chi connectivity index (χ0v) is 13.0. The first-order chi connectivity index (χ1) is 9.94. The highest BCUT2D eigenvalue weighted by atomic mass is 79.9. The van der Waals surface area contributed by atoms with Gasteiger partial charge in [-0.25, -0.2) is 8.42 Å². The van der Waals surface area contributed by atoms with Gasteiger partial charge >= 0.3 is 0 Å². The molecular formula is C12H11BrN4O3S. The molecule has 0 radical (unpaired) electrons. The van der Waals surface area contributed by atoms with Gasteiger partial charge in [0.15, 0.2) is 5.84 Å². The average Bonchev–Trinajstić information content (AvgIpc) is 2.46. The van der Waals surface area contributed by atoms with E-state index in [2.05, 4.69) is 30.8 Å². The topological polar surface area (TPSA) is 118 Å². The van der Waals surface area contributed by atoms with Gasteiger partial charge in [-0.3, -0.25) is 9.71 Å². The average molecular weight is 371 g/mol. The van der Waals surface area contributed by atoms with Crippen molar-refractivity contribution in [2.75, 3.05) is 4.72 Å². The van der Waals surface area contributed by atoms with E-state index in [9.17, 15) is 8.42 Å². The van der Waals surface area contributed by atoms with E-state index in [4.69, 9.17) is 10.9 Å². The van der Waals surface area contributed by atoms with Crippen LogP contribution in [0.4, 0.5) is 5.69 Å². The molecule has 2 rings (SSSR count). The quantitative estimate of drug-likeness (QED) is 0.328. The van der Waals surface area contributed by atoms with E-state index >= 15 is 0 Å². The van der Waals surface area contributed by atoms with Gasteiger partial charge in [0, 0.05) is 22.4 Å². The number of nitrogens with one attached hydrogen (secondary N) is 1. The van der Waals surface area contributed by atoms with Crippen LogP contribution < -0.4 is 10.5 Å². The van der Waals surface area contributed by atoms with E-state index in [0.29, 0.717) is 4.47 Å². The van der Waals surface area contributed by atoms with E-state index in [-0.39, 0.29) is 22.0 Å². The van der Waals surface area contributed by atoms with Crippen LogP contribution in [0.25, 0.3) is 0 Å². The lowest BCUT2D eigenvalue weighted by molar-refractivity contribution is 0.318. The molecular weight excluding hydrogens is 360 g/mol. The number of nitrogens with zero attached hydrogens (tertiary/aromatic N) is 2. The normalized spacial score (nSPS) is 12.1.